The van der Waals surface area contributed by atoms with Gasteiger partial charge in [-0.25, -0.2) is 9.98 Å². The zero-order chi connectivity index (χ0) is 17.2. The molecule has 0 fully saturated rings. The van der Waals surface area contributed by atoms with Gasteiger partial charge in [0.2, 0.25) is 0 Å². The van der Waals surface area contributed by atoms with Crippen molar-refractivity contribution >= 4 is 17.3 Å². The first-order chi connectivity index (χ1) is 10.9. The van der Waals surface area contributed by atoms with Crippen LogP contribution in [0.4, 0.5) is 0 Å². The molecule has 2 N–H and O–H groups in total. The minimum atomic E-state index is 0.618. The third-order valence-electron chi connectivity index (χ3n) is 3.90. The highest BCUT2D eigenvalue weighted by Crippen LogP contribution is 2.16. The molecule has 1 aromatic rings. The Kier molecular flexibility index (Phi) is 9.17. The molecule has 132 valence electrons. The van der Waals surface area contributed by atoms with E-state index >= 15 is 0 Å². The lowest BCUT2D eigenvalue weighted by Gasteiger charge is -2.20. The first kappa shape index (κ1) is 19.9. The van der Waals surface area contributed by atoms with Gasteiger partial charge in [-0.15, -0.1) is 11.3 Å². The van der Waals surface area contributed by atoms with E-state index in [1.54, 1.807) is 11.3 Å². The van der Waals surface area contributed by atoms with Crippen LogP contribution < -0.4 is 10.6 Å². The third kappa shape index (κ3) is 7.79. The van der Waals surface area contributed by atoms with Gasteiger partial charge in [-0.3, -0.25) is 0 Å². The summed E-state index contributed by atoms with van der Waals surface area (Å²) >= 11 is 1.73. The highest BCUT2D eigenvalue weighted by atomic mass is 32.1. The summed E-state index contributed by atoms with van der Waals surface area (Å²) in [6.45, 7) is 14.3. The second-order valence-electron chi connectivity index (χ2n) is 6.15. The van der Waals surface area contributed by atoms with E-state index in [0.29, 0.717) is 12.6 Å². The summed E-state index contributed by atoms with van der Waals surface area (Å²) in [4.78, 5) is 12.8. The van der Waals surface area contributed by atoms with Gasteiger partial charge in [0, 0.05) is 24.0 Å². The molecule has 0 aromatic carbocycles. The molecule has 1 aromatic heterocycles. The van der Waals surface area contributed by atoms with Crippen molar-refractivity contribution in [1.82, 2.24) is 20.5 Å². The molecule has 5 nitrogen and oxygen atoms in total. The number of hydrogen-bond donors (Lipinski definition) is 2. The van der Waals surface area contributed by atoms with Crippen LogP contribution >= 0.6 is 11.3 Å². The fourth-order valence-electron chi connectivity index (χ4n) is 2.05. The van der Waals surface area contributed by atoms with E-state index in [4.69, 9.17) is 0 Å². The van der Waals surface area contributed by atoms with Gasteiger partial charge in [-0.1, -0.05) is 0 Å². The number of nitrogens with zero attached hydrogens (tertiary/aromatic N) is 3. The molecular weight excluding hydrogens is 306 g/mol. The predicted molar refractivity (Wildman–Crippen MR) is 101 cm³/mol. The molecule has 0 spiro atoms. The van der Waals surface area contributed by atoms with Crippen molar-refractivity contribution < 1.29 is 0 Å². The van der Waals surface area contributed by atoms with Crippen molar-refractivity contribution in [1.29, 1.82) is 0 Å². The minimum absolute atomic E-state index is 0.618. The van der Waals surface area contributed by atoms with Crippen molar-refractivity contribution in [2.75, 3.05) is 26.7 Å². The van der Waals surface area contributed by atoms with Crippen molar-refractivity contribution in [2.45, 2.75) is 60.0 Å². The van der Waals surface area contributed by atoms with Crippen molar-refractivity contribution in [3.63, 3.8) is 0 Å². The zero-order valence-electron chi connectivity index (χ0n) is 15.6. The maximum atomic E-state index is 4.63. The Hall–Kier alpha value is -1.14. The van der Waals surface area contributed by atoms with E-state index in [-0.39, 0.29) is 0 Å². The molecule has 0 radical (unpaired) electrons. The van der Waals surface area contributed by atoms with Crippen LogP contribution in [0, 0.1) is 13.8 Å². The number of rotatable bonds is 9. The molecule has 0 aliphatic rings. The van der Waals surface area contributed by atoms with E-state index in [2.05, 4.69) is 67.2 Å². The smallest absolute Gasteiger partial charge is 0.191 e. The van der Waals surface area contributed by atoms with Gasteiger partial charge in [0.1, 0.15) is 5.01 Å². The lowest BCUT2D eigenvalue weighted by Crippen LogP contribution is -2.38. The average molecular weight is 340 g/mol. The fraction of sp³-hybridized carbons (Fsp3) is 0.765. The number of thiazole rings is 1. The van der Waals surface area contributed by atoms with E-state index in [1.165, 1.54) is 11.3 Å². The first-order valence-corrected chi connectivity index (χ1v) is 9.41. The van der Waals surface area contributed by atoms with Gasteiger partial charge in [0.05, 0.1) is 12.2 Å². The molecule has 0 unspecified atom stereocenters. The summed E-state index contributed by atoms with van der Waals surface area (Å²) in [5.74, 6) is 0.884. The lowest BCUT2D eigenvalue weighted by atomic mass is 10.2. The molecule has 0 atom stereocenters. The topological polar surface area (TPSA) is 52.6 Å². The standard InChI is InChI=1S/C17H33N5S/c1-7-18-17(19-10-8-9-11-22(6)13(2)3)20-12-16-21-14(4)15(5)23-16/h13H,7-12H2,1-6H3,(H2,18,19,20). The monoisotopic (exact) mass is 339 g/mol. The molecule has 23 heavy (non-hydrogen) atoms. The summed E-state index contributed by atoms with van der Waals surface area (Å²) in [5, 5.41) is 7.79. The van der Waals surface area contributed by atoms with Gasteiger partial charge >= 0.3 is 0 Å². The van der Waals surface area contributed by atoms with Crippen molar-refractivity contribution in [3.05, 3.63) is 15.6 Å². The lowest BCUT2D eigenvalue weighted by molar-refractivity contribution is 0.268. The molecule has 0 saturated heterocycles. The maximum absolute atomic E-state index is 4.63. The first-order valence-electron chi connectivity index (χ1n) is 8.59. The summed E-state index contributed by atoms with van der Waals surface area (Å²) in [7, 11) is 2.18. The molecule has 0 saturated carbocycles. The largest absolute Gasteiger partial charge is 0.357 e. The van der Waals surface area contributed by atoms with E-state index in [0.717, 1.165) is 42.7 Å². The van der Waals surface area contributed by atoms with Gasteiger partial charge < -0.3 is 15.5 Å². The van der Waals surface area contributed by atoms with Gasteiger partial charge in [0.15, 0.2) is 5.96 Å². The van der Waals surface area contributed by atoms with Crippen LogP contribution in [-0.4, -0.2) is 48.6 Å². The molecular formula is C17H33N5S. The number of guanidine groups is 1. The van der Waals surface area contributed by atoms with Crippen LogP contribution in [0.25, 0.3) is 0 Å². The molecule has 0 bridgehead atoms. The number of hydrogen-bond acceptors (Lipinski definition) is 4. The SMILES string of the molecule is CCNC(=NCc1nc(C)c(C)s1)NCCCCN(C)C(C)C. The Balaban J connectivity index is 2.35. The average Bonchev–Trinajstić information content (AvgIpc) is 2.82. The van der Waals surface area contributed by atoms with Gasteiger partial charge in [-0.05, 0) is 61.1 Å². The summed E-state index contributed by atoms with van der Waals surface area (Å²) in [6, 6.07) is 0.618. The van der Waals surface area contributed by atoms with Crippen LogP contribution in [0.5, 0.6) is 0 Å². The number of nitrogens with one attached hydrogen (secondary N) is 2. The highest BCUT2D eigenvalue weighted by molar-refractivity contribution is 7.11. The Labute approximate surface area is 145 Å². The number of aryl methyl sites for hydroxylation is 2. The molecule has 1 heterocycles. The highest BCUT2D eigenvalue weighted by Gasteiger charge is 2.04. The number of unbranched alkanes of at least 4 members (excludes halogenated alkanes) is 1. The summed E-state index contributed by atoms with van der Waals surface area (Å²) in [6.07, 6.45) is 2.35. The zero-order valence-corrected chi connectivity index (χ0v) is 16.4. The van der Waals surface area contributed by atoms with E-state index in [9.17, 15) is 0 Å². The van der Waals surface area contributed by atoms with Crippen molar-refractivity contribution in [2.24, 2.45) is 4.99 Å². The minimum Gasteiger partial charge on any atom is -0.357 e. The van der Waals surface area contributed by atoms with E-state index in [1.807, 2.05) is 0 Å². The van der Waals surface area contributed by atoms with Gasteiger partial charge in [0.25, 0.3) is 0 Å². The van der Waals surface area contributed by atoms with Crippen LogP contribution in [-0.2, 0) is 6.54 Å². The number of aromatic nitrogens is 1. The van der Waals surface area contributed by atoms with Crippen LogP contribution in [0.3, 0.4) is 0 Å². The van der Waals surface area contributed by atoms with E-state index < -0.39 is 0 Å². The maximum Gasteiger partial charge on any atom is 0.191 e. The van der Waals surface area contributed by atoms with Crippen molar-refractivity contribution in [3.8, 4) is 0 Å². The Bertz CT molecular complexity index is 462. The number of aliphatic imine (C=N–C) groups is 1. The quantitative estimate of drug-likeness (QED) is 0.413. The normalized spacial score (nSPS) is 12.3. The third-order valence-corrected chi connectivity index (χ3v) is 4.96. The van der Waals surface area contributed by atoms with Gasteiger partial charge in [-0.2, -0.15) is 0 Å². The Morgan fingerprint density at radius 2 is 2.00 bits per heavy atom. The molecule has 0 aliphatic carbocycles. The van der Waals surface area contributed by atoms with Crippen LogP contribution in [0.1, 0.15) is 49.2 Å². The fourth-order valence-corrected chi connectivity index (χ4v) is 2.90. The second kappa shape index (κ2) is 10.6. The second-order valence-corrected chi connectivity index (χ2v) is 7.44. The summed E-state index contributed by atoms with van der Waals surface area (Å²) in [5.41, 5.74) is 1.12. The van der Waals surface area contributed by atoms with Crippen LogP contribution in [0.2, 0.25) is 0 Å². The predicted octanol–water partition coefficient (Wildman–Crippen LogP) is 2.94. The molecule has 6 heteroatoms. The summed E-state index contributed by atoms with van der Waals surface area (Å²) < 4.78 is 0. The Morgan fingerprint density at radius 3 is 2.57 bits per heavy atom. The van der Waals surface area contributed by atoms with Crippen LogP contribution in [0.15, 0.2) is 4.99 Å². The molecule has 1 rings (SSSR count). The molecule has 0 aliphatic heterocycles. The Morgan fingerprint density at radius 1 is 1.26 bits per heavy atom. The molecule has 0 amide bonds.